The molecule has 732 valence electrons. The van der Waals surface area contributed by atoms with Crippen LogP contribution in [0.15, 0.2) is 270 Å². The summed E-state index contributed by atoms with van der Waals surface area (Å²) in [5.74, 6) is -1.02. The van der Waals surface area contributed by atoms with Gasteiger partial charge in [0.05, 0.1) is 42.9 Å². The van der Waals surface area contributed by atoms with Gasteiger partial charge in [0.2, 0.25) is 29.4 Å². The highest BCUT2D eigenvalue weighted by Gasteiger charge is 2.45. The number of benzene rings is 11. The molecule has 0 atom stereocenters. The van der Waals surface area contributed by atoms with E-state index in [9.17, 15) is 48.9 Å². The van der Waals surface area contributed by atoms with E-state index >= 15 is 0 Å². The second-order valence-corrected chi connectivity index (χ2v) is 37.6. The van der Waals surface area contributed by atoms with Gasteiger partial charge >= 0.3 is 0 Å². The number of Topliss-reactive ketones (excluding diaryl/α,β-unsaturated/α-hetero) is 3. The zero-order valence-electron chi connectivity index (χ0n) is 80.8. The van der Waals surface area contributed by atoms with E-state index in [0.29, 0.717) is 75.9 Å². The van der Waals surface area contributed by atoms with Crippen molar-refractivity contribution in [2.24, 2.45) is 11.8 Å². The Kier molecular flexibility index (Phi) is 35.2. The summed E-state index contributed by atoms with van der Waals surface area (Å²) in [7, 11) is 1.63. The fourth-order valence-corrected chi connectivity index (χ4v) is 21.4. The van der Waals surface area contributed by atoms with Crippen LogP contribution in [0.4, 0.5) is 11.4 Å². The Labute approximate surface area is 848 Å². The zero-order valence-corrected chi connectivity index (χ0v) is 84.0. The number of rotatable bonds is 33. The summed E-state index contributed by atoms with van der Waals surface area (Å²) in [6, 6.07) is 80.6. The molecule has 3 aromatic heterocycles. The molecule has 14 aromatic rings. The molecule has 19 rings (SSSR count). The summed E-state index contributed by atoms with van der Waals surface area (Å²) < 4.78 is 11.9. The molecule has 0 spiro atoms. The van der Waals surface area contributed by atoms with Crippen molar-refractivity contribution in [1.82, 2.24) is 33.3 Å². The number of nitrogens with zero attached hydrogens (tertiary/aromatic N) is 9. The minimum Gasteiger partial charge on any atom is -0.497 e. The number of anilines is 2. The number of para-hydroxylation sites is 3. The van der Waals surface area contributed by atoms with Gasteiger partial charge in [0.15, 0.2) is 21.8 Å². The van der Waals surface area contributed by atoms with Crippen molar-refractivity contribution in [3.63, 3.8) is 0 Å². The number of amides is 4. The van der Waals surface area contributed by atoms with E-state index < -0.39 is 11.8 Å². The molecule has 22 nitrogen and oxygen atoms in total. The second kappa shape index (κ2) is 48.4. The van der Waals surface area contributed by atoms with E-state index in [1.165, 1.54) is 65.2 Å². The summed E-state index contributed by atoms with van der Waals surface area (Å²) in [6.07, 6.45) is 14.1. The van der Waals surface area contributed by atoms with Crippen LogP contribution in [-0.2, 0) is 58.0 Å². The first-order chi connectivity index (χ1) is 69.2. The monoisotopic (exact) mass is 1980 g/mol. The summed E-state index contributed by atoms with van der Waals surface area (Å²) in [6.45, 7) is 18.1. The van der Waals surface area contributed by atoms with Gasteiger partial charge in [-0.2, -0.15) is 0 Å². The molecule has 2 aliphatic carbocycles. The quantitative estimate of drug-likeness (QED) is 0.0111. The molecule has 2 fully saturated rings. The van der Waals surface area contributed by atoms with Gasteiger partial charge in [0, 0.05) is 202 Å². The van der Waals surface area contributed by atoms with Gasteiger partial charge in [-0.05, 0) is 243 Å². The van der Waals surface area contributed by atoms with Crippen molar-refractivity contribution in [2.45, 2.75) is 110 Å². The number of carbonyl (C=O) groups is 7. The fourth-order valence-electron chi connectivity index (χ4n) is 19.4. The maximum Gasteiger partial charge on any atom is 0.241 e. The fraction of sp³-hybridized carbons (Fsp3) is 0.284. The predicted octanol–water partition coefficient (Wildman–Crippen LogP) is 20.3. The van der Waals surface area contributed by atoms with Crippen LogP contribution in [0, 0.1) is 11.8 Å². The molecule has 6 heterocycles. The van der Waals surface area contributed by atoms with Crippen LogP contribution < -0.4 is 14.5 Å². The Morgan fingerprint density at radius 2 is 0.810 bits per heavy atom. The van der Waals surface area contributed by atoms with E-state index in [4.69, 9.17) is 51.0 Å². The van der Waals surface area contributed by atoms with Gasteiger partial charge in [-0.15, -0.1) is 11.6 Å². The third kappa shape index (κ3) is 22.6. The maximum absolute atomic E-state index is 13.4. The van der Waals surface area contributed by atoms with E-state index in [0.717, 1.165) is 161 Å². The number of hydrogen-bond donors (Lipinski definition) is 5. The average molecular weight is 1980 g/mol. The first kappa shape index (κ1) is 103. The predicted molar refractivity (Wildman–Crippen MR) is 581 cm³/mol. The van der Waals surface area contributed by atoms with Crippen LogP contribution in [0.5, 0.6) is 5.75 Å². The number of methoxy groups -OCH3 is 1. The first-order valence-corrected chi connectivity index (χ1v) is 50.9. The Bertz CT molecular complexity index is 7090. The van der Waals surface area contributed by atoms with Crippen molar-refractivity contribution >= 4 is 200 Å². The number of carbonyl (C=O) groups excluding carboxylic acids is 7. The number of aromatic nitrogens is 3. The molecule has 3 aliphatic heterocycles. The van der Waals surface area contributed by atoms with Crippen LogP contribution in [0.25, 0.3) is 89.8 Å². The topological polar surface area (TPSA) is 264 Å². The Morgan fingerprint density at radius 3 is 1.29 bits per heavy atom. The Morgan fingerprint density at radius 1 is 0.408 bits per heavy atom. The molecule has 5 aliphatic rings. The standard InChI is InChI=1S/C27H33N3O2S.C25H27N3O4S.C24H19NO.C21H22ClNO3.C19H19NO3S/c1-4-7-15-29-25(31)22(26(32)30(27(29)33)16-8-5-2)18-19-13-14-24-21(17-19)20-11-9-10-12-23(20)28(24)6-3;1-2-26-21-8-4-3-7-18(21)19-15-17(9-10-22(19)26)16-20-23(31)27(11-5-13-29)25(33)28(24(20)32)12-6-14-30;1-2-25-22-10-6-5-9-20(22)21-14-16(11-12-23(21)25)13-18-15-17-7-3-4-8-19(17)24(18)26;1-26-19-6-7-20-16(14-19)13-17(21(20)25)12-15-2-4-18(5-3-15)23(9-8-22)10-11-24;21-11-9-20(10-12-22)15-7-5-14(6-8-15)13-18-19(23)16-3-1-2-4-17(16)24-18/h9-14,17,22H,4-8,15-16,18H2,1-3H3;2-4,7-10,15,20,29-30H,1,5-6,11-14,16H2;3-14H,2,15H2,1H3;2-7,12,14,24H,8-11,13H2,1H3;1-8,13,21-22H,9-12H2/b;;18-13+;17-12+;18-13-. The van der Waals surface area contributed by atoms with Crippen molar-refractivity contribution in [2.75, 3.05) is 108 Å². The highest BCUT2D eigenvalue weighted by atomic mass is 35.5. The lowest BCUT2D eigenvalue weighted by Gasteiger charge is -2.39. The highest BCUT2D eigenvalue weighted by molar-refractivity contribution is 8.04. The van der Waals surface area contributed by atoms with Crippen LogP contribution in [-0.4, -0.2) is 208 Å². The molecule has 0 unspecified atom stereocenters. The number of halogens is 1. The number of ketones is 3. The average Bonchev–Trinajstić information content (AvgIpc) is 1.62. The number of thioether (sulfide) groups is 1. The third-order valence-electron chi connectivity index (χ3n) is 26.5. The molecular formula is C116H120ClN9O13S3. The van der Waals surface area contributed by atoms with Gasteiger partial charge in [0.25, 0.3) is 0 Å². The highest BCUT2D eigenvalue weighted by Crippen LogP contribution is 2.43. The Balaban J connectivity index is 0.000000135. The number of aryl methyl sites for hydroxylation is 2. The number of ether oxygens (including phenoxy) is 1. The summed E-state index contributed by atoms with van der Waals surface area (Å²) in [5, 5.41) is 53.4. The Hall–Kier alpha value is -13.3. The van der Waals surface area contributed by atoms with Crippen LogP contribution in [0.1, 0.15) is 136 Å². The van der Waals surface area contributed by atoms with Crippen LogP contribution >= 0.6 is 47.8 Å². The minimum absolute atomic E-state index is 0.0369. The normalized spacial score (nSPS) is 15.1. The summed E-state index contributed by atoms with van der Waals surface area (Å²) in [5.41, 5.74) is 20.0. The van der Waals surface area contributed by atoms with Gasteiger partial charge < -0.3 is 53.8 Å². The smallest absolute Gasteiger partial charge is 0.241 e. The van der Waals surface area contributed by atoms with E-state index in [2.05, 4.69) is 134 Å². The lowest BCUT2D eigenvalue weighted by atomic mass is 9.93. The number of aliphatic hydroxyl groups is 5. The molecule has 0 bridgehead atoms. The number of fused-ring (bicyclic) bond motifs is 12. The lowest BCUT2D eigenvalue weighted by Crippen LogP contribution is -2.60. The van der Waals surface area contributed by atoms with E-state index in [-0.39, 0.29) is 98.6 Å². The van der Waals surface area contributed by atoms with Crippen molar-refractivity contribution < 1.29 is 63.8 Å². The van der Waals surface area contributed by atoms with Crippen LogP contribution in [0.2, 0.25) is 0 Å². The molecule has 4 amide bonds. The van der Waals surface area contributed by atoms with Crippen molar-refractivity contribution in [3.8, 4) is 5.75 Å². The number of allylic oxidation sites excluding steroid dienone is 3. The van der Waals surface area contributed by atoms with Gasteiger partial charge in [-0.1, -0.05) is 178 Å². The number of alkyl halides is 1. The summed E-state index contributed by atoms with van der Waals surface area (Å²) in [4.78, 5) is 103. The summed E-state index contributed by atoms with van der Waals surface area (Å²) >= 11 is 18.3. The third-order valence-corrected chi connectivity index (χ3v) is 28.7. The lowest BCUT2D eigenvalue weighted by molar-refractivity contribution is -0.148. The minimum atomic E-state index is -0.903. The molecule has 142 heavy (non-hydrogen) atoms. The number of aliphatic hydroxyl groups excluding tert-OH is 5. The zero-order chi connectivity index (χ0) is 100. The number of hydrogen-bond acceptors (Lipinski definition) is 18. The van der Waals surface area contributed by atoms with Crippen LogP contribution in [0.3, 0.4) is 0 Å². The molecule has 11 aromatic carbocycles. The molecular weight excluding hydrogens is 1860 g/mol. The van der Waals surface area contributed by atoms with E-state index in [1.54, 1.807) is 23.1 Å². The molecule has 2 saturated heterocycles. The van der Waals surface area contributed by atoms with E-state index in [1.807, 2.05) is 184 Å². The van der Waals surface area contributed by atoms with Gasteiger partial charge in [0.1, 0.15) is 17.6 Å². The van der Waals surface area contributed by atoms with Gasteiger partial charge in [-0.25, -0.2) is 0 Å². The molecule has 0 saturated carbocycles. The molecule has 0 radical (unpaired) electrons. The number of thiocarbonyl (C=S) groups is 2. The maximum atomic E-state index is 13.4. The SMILES string of the molecule is C=Cn1c2ccccc2c2cc(CC3C(=O)N(CCCO)C(=S)N(CCCO)C3=O)ccc21.CCCCN1C(=O)C(Cc2ccc3c(c2)c2ccccc2n3CC)C(=O)N(CCCC)C1=S.CCn1c2ccccc2c2cc(/C=C3\Cc4ccccc4C3=O)ccc21.COc1ccc2c(c1)C/C(=C\c1ccc(N(CCO)CCCl)cc1)C2=O.O=C1/C(=C/c2ccc(N(CCO)CCO)cc2)Sc2ccccc21. The van der Waals surface area contributed by atoms with Crippen molar-refractivity contribution in [1.29, 1.82) is 0 Å². The number of unbranched alkanes of at least 4 members (excludes halogenated alkanes) is 2. The largest absolute Gasteiger partial charge is 0.497 e. The first-order valence-electron chi connectivity index (χ1n) is 48.7. The van der Waals surface area contributed by atoms with Crippen molar-refractivity contribution in [3.05, 3.63) is 321 Å². The van der Waals surface area contributed by atoms with Gasteiger partial charge in [-0.3, -0.25) is 53.2 Å². The molecule has 5 N–H and O–H groups in total. The second-order valence-electron chi connectivity index (χ2n) is 35.5. The molecule has 26 heteroatoms.